The third kappa shape index (κ3) is 4.67. The van der Waals surface area contributed by atoms with Gasteiger partial charge in [-0.15, -0.1) is 0 Å². The molecule has 0 aromatic carbocycles. The Hall–Kier alpha value is -0.660. The highest BCUT2D eigenvalue weighted by Crippen LogP contribution is 2.23. The second kappa shape index (κ2) is 7.27. The first kappa shape index (κ1) is 17.7. The van der Waals surface area contributed by atoms with Crippen molar-refractivity contribution in [3.8, 4) is 0 Å². The van der Waals surface area contributed by atoms with Crippen molar-refractivity contribution in [3.63, 3.8) is 0 Å². The van der Waals surface area contributed by atoms with Crippen LogP contribution in [-0.2, 0) is 19.4 Å². The van der Waals surface area contributed by atoms with Crippen LogP contribution in [0.1, 0.15) is 20.8 Å². The minimum absolute atomic E-state index is 0.0522. The molecule has 128 valence electrons. The van der Waals surface area contributed by atoms with Gasteiger partial charge >= 0.3 is 0 Å². The van der Waals surface area contributed by atoms with E-state index < -0.39 is 9.84 Å². The third-order valence-electron chi connectivity index (χ3n) is 4.37. The molecule has 0 unspecified atom stereocenters. The predicted molar refractivity (Wildman–Crippen MR) is 85.4 cm³/mol. The molecule has 2 aliphatic heterocycles. The maximum absolute atomic E-state index is 12.3. The van der Waals surface area contributed by atoms with Crippen molar-refractivity contribution in [2.75, 3.05) is 50.9 Å². The van der Waals surface area contributed by atoms with Crippen LogP contribution in [0.25, 0.3) is 0 Å². The van der Waals surface area contributed by atoms with Crippen LogP contribution in [0.5, 0.6) is 0 Å². The number of rotatable bonds is 5. The maximum atomic E-state index is 12.3. The molecule has 7 heteroatoms. The summed E-state index contributed by atoms with van der Waals surface area (Å²) in [6.07, 6.45) is 0. The SMILES string of the molecule is CC(C)CS(=O)(=O)CC(=O)N1C[C@H](C)[C@@H](N2CCOCC2)C1. The first-order valence-electron chi connectivity index (χ1n) is 8.08. The van der Waals surface area contributed by atoms with Gasteiger partial charge in [0.25, 0.3) is 0 Å². The van der Waals surface area contributed by atoms with Crippen molar-refractivity contribution < 1.29 is 17.9 Å². The Morgan fingerprint density at radius 1 is 1.23 bits per heavy atom. The standard InChI is InChI=1S/C15H28N2O4S/c1-12(2)10-22(19,20)11-15(18)17-8-13(3)14(9-17)16-4-6-21-7-5-16/h12-14H,4-11H2,1-3H3/t13-,14-/m0/s1. The molecule has 2 saturated heterocycles. The average Bonchev–Trinajstić information content (AvgIpc) is 2.80. The first-order valence-corrected chi connectivity index (χ1v) is 9.90. The third-order valence-corrected chi connectivity index (χ3v) is 6.23. The van der Waals surface area contributed by atoms with Gasteiger partial charge in [-0.25, -0.2) is 8.42 Å². The number of sulfone groups is 1. The Morgan fingerprint density at radius 3 is 2.45 bits per heavy atom. The van der Waals surface area contributed by atoms with Gasteiger partial charge in [-0.2, -0.15) is 0 Å². The van der Waals surface area contributed by atoms with Crippen LogP contribution in [-0.4, -0.2) is 81.1 Å². The molecule has 0 spiro atoms. The van der Waals surface area contributed by atoms with Crippen molar-refractivity contribution in [1.29, 1.82) is 0 Å². The maximum Gasteiger partial charge on any atom is 0.237 e. The smallest absolute Gasteiger partial charge is 0.237 e. The zero-order valence-electron chi connectivity index (χ0n) is 13.8. The average molecular weight is 332 g/mol. The second-order valence-corrected chi connectivity index (χ2v) is 9.05. The number of nitrogens with zero attached hydrogens (tertiary/aromatic N) is 2. The monoisotopic (exact) mass is 332 g/mol. The number of hydrogen-bond acceptors (Lipinski definition) is 5. The fraction of sp³-hybridized carbons (Fsp3) is 0.933. The molecule has 22 heavy (non-hydrogen) atoms. The van der Waals surface area contributed by atoms with E-state index in [4.69, 9.17) is 4.74 Å². The number of morpholine rings is 1. The van der Waals surface area contributed by atoms with Crippen molar-refractivity contribution >= 4 is 15.7 Å². The molecule has 0 aromatic rings. The zero-order chi connectivity index (χ0) is 16.3. The van der Waals surface area contributed by atoms with E-state index in [1.807, 2.05) is 13.8 Å². The summed E-state index contributed by atoms with van der Waals surface area (Å²) in [6, 6.07) is 0.320. The second-order valence-electron chi connectivity index (χ2n) is 6.94. The molecule has 0 aromatic heterocycles. The minimum atomic E-state index is -3.30. The summed E-state index contributed by atoms with van der Waals surface area (Å²) in [7, 11) is -3.30. The number of hydrogen-bond donors (Lipinski definition) is 0. The lowest BCUT2D eigenvalue weighted by Gasteiger charge is -2.33. The summed E-state index contributed by atoms with van der Waals surface area (Å²) < 4.78 is 29.4. The first-order chi connectivity index (χ1) is 10.3. The highest BCUT2D eigenvalue weighted by atomic mass is 32.2. The summed E-state index contributed by atoms with van der Waals surface area (Å²) in [6.45, 7) is 10.4. The lowest BCUT2D eigenvalue weighted by molar-refractivity contribution is -0.127. The van der Waals surface area contributed by atoms with Crippen LogP contribution in [0.3, 0.4) is 0 Å². The molecule has 2 rings (SSSR count). The Morgan fingerprint density at radius 2 is 1.86 bits per heavy atom. The zero-order valence-corrected chi connectivity index (χ0v) is 14.6. The number of ether oxygens (including phenoxy) is 1. The molecule has 2 fully saturated rings. The van der Waals surface area contributed by atoms with Crippen LogP contribution in [0.2, 0.25) is 0 Å². The van der Waals surface area contributed by atoms with Gasteiger partial charge in [0.15, 0.2) is 9.84 Å². The van der Waals surface area contributed by atoms with Gasteiger partial charge in [0.2, 0.25) is 5.91 Å². The lowest BCUT2D eigenvalue weighted by atomic mass is 10.0. The summed E-state index contributed by atoms with van der Waals surface area (Å²) in [4.78, 5) is 16.4. The quantitative estimate of drug-likeness (QED) is 0.721. The Kier molecular flexibility index (Phi) is 5.85. The van der Waals surface area contributed by atoms with E-state index in [1.165, 1.54) is 0 Å². The van der Waals surface area contributed by atoms with Gasteiger partial charge in [0.05, 0.1) is 19.0 Å². The van der Waals surface area contributed by atoms with Crippen LogP contribution in [0.4, 0.5) is 0 Å². The molecule has 2 atom stereocenters. The molecule has 1 amide bonds. The normalized spacial score (nSPS) is 27.5. The number of carbonyl (C=O) groups excluding carboxylic acids is 1. The molecule has 0 N–H and O–H groups in total. The van der Waals surface area contributed by atoms with Crippen molar-refractivity contribution in [2.24, 2.45) is 11.8 Å². The fourth-order valence-electron chi connectivity index (χ4n) is 3.38. The molecular formula is C15H28N2O4S. The van der Waals surface area contributed by atoms with E-state index in [1.54, 1.807) is 4.90 Å². The van der Waals surface area contributed by atoms with Gasteiger partial charge in [-0.3, -0.25) is 9.69 Å². The molecule has 0 bridgehead atoms. The Bertz CT molecular complexity index is 486. The van der Waals surface area contributed by atoms with E-state index in [-0.39, 0.29) is 23.3 Å². The Labute approximate surface area is 133 Å². The molecule has 2 heterocycles. The van der Waals surface area contributed by atoms with Crippen molar-refractivity contribution in [3.05, 3.63) is 0 Å². The number of likely N-dealkylation sites (tertiary alicyclic amines) is 1. The summed E-state index contributed by atoms with van der Waals surface area (Å²) in [5, 5.41) is 0. The fourth-order valence-corrected chi connectivity index (χ4v) is 5.08. The summed E-state index contributed by atoms with van der Waals surface area (Å²) in [5.74, 6) is -0.0996. The van der Waals surface area contributed by atoms with Crippen LogP contribution < -0.4 is 0 Å². The topological polar surface area (TPSA) is 66.9 Å². The molecule has 0 radical (unpaired) electrons. The van der Waals surface area contributed by atoms with Gasteiger partial charge in [-0.05, 0) is 11.8 Å². The van der Waals surface area contributed by atoms with Crippen LogP contribution in [0, 0.1) is 11.8 Å². The van der Waals surface area contributed by atoms with Crippen LogP contribution >= 0.6 is 0 Å². The summed E-state index contributed by atoms with van der Waals surface area (Å²) >= 11 is 0. The van der Waals surface area contributed by atoms with Gasteiger partial charge in [0.1, 0.15) is 5.75 Å². The van der Waals surface area contributed by atoms with Crippen molar-refractivity contribution in [2.45, 2.75) is 26.8 Å². The predicted octanol–water partition coefficient (Wildman–Crippen LogP) is 0.236. The molecule has 0 saturated carbocycles. The van der Waals surface area contributed by atoms with E-state index >= 15 is 0 Å². The van der Waals surface area contributed by atoms with E-state index in [9.17, 15) is 13.2 Å². The Balaban J connectivity index is 1.92. The largest absolute Gasteiger partial charge is 0.379 e. The van der Waals surface area contributed by atoms with Gasteiger partial charge in [0, 0.05) is 32.2 Å². The lowest BCUT2D eigenvalue weighted by Crippen LogP contribution is -2.47. The molecule has 0 aliphatic carbocycles. The molecular weight excluding hydrogens is 304 g/mol. The minimum Gasteiger partial charge on any atom is -0.379 e. The number of carbonyl (C=O) groups is 1. The highest BCUT2D eigenvalue weighted by molar-refractivity contribution is 7.92. The summed E-state index contributed by atoms with van der Waals surface area (Å²) in [5.41, 5.74) is 0. The van der Waals surface area contributed by atoms with Gasteiger partial charge < -0.3 is 9.64 Å². The van der Waals surface area contributed by atoms with Gasteiger partial charge in [-0.1, -0.05) is 20.8 Å². The van der Waals surface area contributed by atoms with Crippen molar-refractivity contribution in [1.82, 2.24) is 9.80 Å². The highest BCUT2D eigenvalue weighted by Gasteiger charge is 2.37. The number of amides is 1. The van der Waals surface area contributed by atoms with Crippen LogP contribution in [0.15, 0.2) is 0 Å². The van der Waals surface area contributed by atoms with E-state index in [2.05, 4.69) is 11.8 Å². The van der Waals surface area contributed by atoms with E-state index in [0.29, 0.717) is 25.0 Å². The molecule has 2 aliphatic rings. The van der Waals surface area contributed by atoms with E-state index in [0.717, 1.165) is 26.3 Å². The molecule has 6 nitrogen and oxygen atoms in total.